The highest BCUT2D eigenvalue weighted by Gasteiger charge is 2.57. The third-order valence-electron chi connectivity index (χ3n) is 3.56. The van der Waals surface area contributed by atoms with Crippen molar-refractivity contribution in [1.29, 1.82) is 0 Å². The molecule has 2 rings (SSSR count). The summed E-state index contributed by atoms with van der Waals surface area (Å²) in [5.74, 6) is -2.20. The average molecular weight is 554 g/mol. The zero-order valence-electron chi connectivity index (χ0n) is 17.0. The lowest BCUT2D eigenvalue weighted by molar-refractivity contribution is -0.0469. The zero-order chi connectivity index (χ0) is 26.5. The van der Waals surface area contributed by atoms with E-state index in [1.807, 2.05) is 0 Å². The monoisotopic (exact) mass is 553 g/mol. The van der Waals surface area contributed by atoms with Crippen molar-refractivity contribution >= 4 is 40.9 Å². The number of aromatic nitrogens is 2. The Morgan fingerprint density at radius 3 is 2.44 bits per heavy atom. The highest BCUT2D eigenvalue weighted by Crippen LogP contribution is 2.66. The first kappa shape index (κ1) is 24.3. The summed E-state index contributed by atoms with van der Waals surface area (Å²) in [5, 5.41) is 10.4. The minimum atomic E-state index is -6.11. The van der Waals surface area contributed by atoms with Crippen LogP contribution in [0.1, 0.15) is 8.97 Å². The molecule has 1 aliphatic rings. The largest absolute Gasteiger partial charge is 0.490 e. The van der Waals surface area contributed by atoms with Gasteiger partial charge in [0.2, 0.25) is 0 Å². The molecule has 0 bridgehead atoms. The molecule has 1 aromatic rings. The van der Waals surface area contributed by atoms with Crippen molar-refractivity contribution in [3.8, 4) is 0 Å². The topological polar surface area (TPSA) is 250 Å². The second-order valence-electron chi connectivity index (χ2n) is 5.88. The van der Waals surface area contributed by atoms with Gasteiger partial charge in [0.05, 0.1) is 15.5 Å². The zero-order valence-corrected chi connectivity index (χ0v) is 18.4. The fourth-order valence-corrected chi connectivity index (χ4v) is 5.45. The summed E-state index contributed by atoms with van der Waals surface area (Å²) in [6.45, 7) is -5.53. The van der Waals surface area contributed by atoms with Crippen molar-refractivity contribution in [3.63, 3.8) is 0 Å². The number of hydrogen-bond acceptors (Lipinski definition) is 11. The Labute approximate surface area is 183 Å². The number of nitrogen functional groups attached to an aromatic ring is 1. The maximum Gasteiger partial charge on any atom is 0.490 e. The molecule has 184 valence electrons. The average Bonchev–Trinajstić information content (AvgIpc) is 2.87. The van der Waals surface area contributed by atoms with Crippen LogP contribution in [-0.4, -0.2) is 64.5 Å². The van der Waals surface area contributed by atoms with Gasteiger partial charge in [0, 0.05) is 0 Å². The van der Waals surface area contributed by atoms with E-state index in [1.54, 1.807) is 0 Å². The van der Waals surface area contributed by atoms with Gasteiger partial charge in [-0.1, -0.05) is 0 Å². The van der Waals surface area contributed by atoms with E-state index in [4.69, 9.17) is 39.5 Å². The molecule has 16 nitrogen and oxygen atoms in total. The molecule has 0 spiro atoms. The first-order chi connectivity index (χ1) is 15.1. The van der Waals surface area contributed by atoms with E-state index in [0.717, 1.165) is 0 Å². The van der Waals surface area contributed by atoms with E-state index in [1.165, 1.54) is 0 Å². The van der Waals surface area contributed by atoms with Crippen LogP contribution in [0, 0.1) is 5.82 Å². The highest BCUT2D eigenvalue weighted by molar-refractivity contribution is 7.66. The number of halogens is 3. The van der Waals surface area contributed by atoms with Crippen molar-refractivity contribution in [2.45, 2.75) is 23.3 Å². The summed E-state index contributed by atoms with van der Waals surface area (Å²) < 4.78 is 93.0. The molecule has 1 fully saturated rings. The normalized spacial score (nSPS) is 31.4. The number of ether oxygens (including phenoxy) is 1. The Bertz CT molecular complexity index is 1160. The minimum Gasteiger partial charge on any atom is -0.388 e. The molecule has 32 heavy (non-hydrogen) atoms. The maximum atomic E-state index is 13.8. The first-order valence-electron chi connectivity index (χ1n) is 8.61. The standard InChI is InChI=1S/C10H15ClF2N3O13P3/c11-10(3-12)6(17)5(27-8(10)16-1-4(13)7(14)15-9(16)18)2-26-31(22,23)29-32(24,25)28-30(19,20)21/h1,5-6,8,17H,2-3H2,(H,22,23)(H,24,25)(H2,14,15,18)(H2,19,20,21)/t5-,6+,8-,10?/m1/s1/i2D2. The van der Waals surface area contributed by atoms with Crippen molar-refractivity contribution in [3.05, 3.63) is 22.5 Å². The molecule has 22 heteroatoms. The quantitative estimate of drug-likeness (QED) is 0.167. The van der Waals surface area contributed by atoms with Gasteiger partial charge >= 0.3 is 29.2 Å². The van der Waals surface area contributed by atoms with Gasteiger partial charge in [0.15, 0.2) is 17.9 Å². The Morgan fingerprint density at radius 1 is 1.31 bits per heavy atom. The molecule has 1 aromatic heterocycles. The van der Waals surface area contributed by atoms with Crippen LogP contribution in [0.5, 0.6) is 0 Å². The van der Waals surface area contributed by atoms with E-state index >= 15 is 0 Å². The molecular formula is C10H15ClF2N3O13P3. The van der Waals surface area contributed by atoms with Gasteiger partial charge in [-0.3, -0.25) is 9.09 Å². The minimum absolute atomic E-state index is 0.197. The molecule has 3 unspecified atom stereocenters. The van der Waals surface area contributed by atoms with E-state index in [2.05, 4.69) is 18.1 Å². The van der Waals surface area contributed by atoms with E-state index < -0.39 is 77.3 Å². The lowest BCUT2D eigenvalue weighted by atomic mass is 10.00. The van der Waals surface area contributed by atoms with Crippen molar-refractivity contribution in [2.75, 3.05) is 19.0 Å². The van der Waals surface area contributed by atoms with Gasteiger partial charge < -0.3 is 35.2 Å². The fourth-order valence-electron chi connectivity index (χ4n) is 2.30. The third-order valence-corrected chi connectivity index (χ3v) is 7.73. The van der Waals surface area contributed by atoms with Crippen LogP contribution in [-0.2, 0) is 31.6 Å². The van der Waals surface area contributed by atoms with Crippen LogP contribution in [0.25, 0.3) is 0 Å². The molecule has 0 amide bonds. The molecule has 1 aliphatic heterocycles. The molecule has 0 saturated carbocycles. The second-order valence-corrected chi connectivity index (χ2v) is 10.9. The van der Waals surface area contributed by atoms with Gasteiger partial charge in [-0.05, 0) is 0 Å². The molecule has 2 heterocycles. The van der Waals surface area contributed by atoms with Crippen LogP contribution in [0.4, 0.5) is 14.6 Å². The van der Waals surface area contributed by atoms with Gasteiger partial charge in [-0.2, -0.15) is 13.6 Å². The number of phosphoric ester groups is 1. The SMILES string of the molecule is [2H]C([2H])(OP(=O)(O)OP(=O)(O)OP(=O)(O)O)[C@H]1O[C@@H](n2cc(F)c(N)nc2=O)C(Cl)(CF)[C@H]1O. The van der Waals surface area contributed by atoms with Gasteiger partial charge in [0.1, 0.15) is 23.8 Å². The number of phosphoric acid groups is 3. The lowest BCUT2D eigenvalue weighted by Gasteiger charge is -2.27. The number of nitrogens with zero attached hydrogens (tertiary/aromatic N) is 2. The number of aliphatic hydroxyl groups excluding tert-OH is 1. The molecule has 0 aliphatic carbocycles. The Kier molecular flexibility index (Phi) is 7.15. The second kappa shape index (κ2) is 9.43. The molecule has 6 atom stereocenters. The number of hydrogen-bond donors (Lipinski definition) is 6. The molecular weight excluding hydrogens is 536 g/mol. The smallest absolute Gasteiger partial charge is 0.388 e. The first-order valence-corrected chi connectivity index (χ1v) is 12.5. The molecule has 7 N–H and O–H groups in total. The molecule has 0 aromatic carbocycles. The lowest BCUT2D eigenvalue weighted by Crippen LogP contribution is -2.46. The van der Waals surface area contributed by atoms with Crippen molar-refractivity contribution < 1.29 is 67.8 Å². The Hall–Kier alpha value is -0.840. The Morgan fingerprint density at radius 2 is 1.91 bits per heavy atom. The Balaban J connectivity index is 2.38. The van der Waals surface area contributed by atoms with E-state index in [0.29, 0.717) is 6.20 Å². The number of nitrogens with two attached hydrogens (primary N) is 1. The van der Waals surface area contributed by atoms with E-state index in [9.17, 15) is 37.3 Å². The fraction of sp³-hybridized carbons (Fsp3) is 0.600. The summed E-state index contributed by atoms with van der Waals surface area (Å²) in [5.41, 5.74) is 3.73. The summed E-state index contributed by atoms with van der Waals surface area (Å²) >= 11 is 5.95. The maximum absolute atomic E-state index is 13.8. The number of anilines is 1. The number of alkyl halides is 2. The summed E-state index contributed by atoms with van der Waals surface area (Å²) in [6.07, 6.45) is -6.95. The van der Waals surface area contributed by atoms with Crippen LogP contribution in [0.15, 0.2) is 11.0 Å². The molecule has 1 saturated heterocycles. The summed E-state index contributed by atoms with van der Waals surface area (Å²) in [7, 11) is -17.9. The van der Waals surface area contributed by atoms with Crippen LogP contribution >= 0.6 is 35.1 Å². The summed E-state index contributed by atoms with van der Waals surface area (Å²) in [6, 6.07) is 0. The van der Waals surface area contributed by atoms with Gasteiger partial charge in [0.25, 0.3) is 0 Å². The predicted molar refractivity (Wildman–Crippen MR) is 97.2 cm³/mol. The van der Waals surface area contributed by atoms with Crippen LogP contribution in [0.2, 0.25) is 0 Å². The van der Waals surface area contributed by atoms with Crippen LogP contribution in [0.3, 0.4) is 0 Å². The van der Waals surface area contributed by atoms with Gasteiger partial charge in [-0.25, -0.2) is 27.3 Å². The molecule has 0 radical (unpaired) electrons. The van der Waals surface area contributed by atoms with E-state index in [-0.39, 0.29) is 4.57 Å². The van der Waals surface area contributed by atoms with Crippen molar-refractivity contribution in [1.82, 2.24) is 9.55 Å². The van der Waals surface area contributed by atoms with Crippen LogP contribution < -0.4 is 11.4 Å². The third kappa shape index (κ3) is 6.39. The summed E-state index contributed by atoms with van der Waals surface area (Å²) in [4.78, 5) is 48.0. The number of aliphatic hydroxyl groups is 1. The van der Waals surface area contributed by atoms with Crippen molar-refractivity contribution in [2.24, 2.45) is 0 Å². The highest BCUT2D eigenvalue weighted by atomic mass is 35.5. The predicted octanol–water partition coefficient (Wildman–Crippen LogP) is -0.487. The van der Waals surface area contributed by atoms with Gasteiger partial charge in [-0.15, -0.1) is 11.6 Å². The number of rotatable bonds is 9.